The molecule has 0 radical (unpaired) electrons. The molecule has 48 heavy (non-hydrogen) atoms. The highest BCUT2D eigenvalue weighted by Crippen LogP contribution is 2.52. The number of anilines is 1. The zero-order valence-corrected chi connectivity index (χ0v) is 27.7. The molecule has 0 spiro atoms. The Morgan fingerprint density at radius 1 is 0.917 bits per heavy atom. The predicted octanol–water partition coefficient (Wildman–Crippen LogP) is 3.69. The summed E-state index contributed by atoms with van der Waals surface area (Å²) in [4.78, 5) is 64.3. The molecule has 1 amide bonds. The number of hydrogen-bond acceptors (Lipinski definition) is 14. The minimum absolute atomic E-state index is 0.130. The first kappa shape index (κ1) is 33.2. The van der Waals surface area contributed by atoms with Crippen LogP contribution in [0.3, 0.4) is 0 Å². The second-order valence-corrected chi connectivity index (χ2v) is 14.1. The lowest BCUT2D eigenvalue weighted by molar-refractivity contribution is -0.166. The summed E-state index contributed by atoms with van der Waals surface area (Å²) in [6, 6.07) is 19.7. The van der Waals surface area contributed by atoms with E-state index >= 15 is 0 Å². The molecule has 2 aliphatic heterocycles. The minimum Gasteiger partial charge on any atom is -0.463 e. The molecule has 4 aromatic rings. The molecule has 2 saturated heterocycles. The first-order chi connectivity index (χ1) is 23.1. The molecule has 2 aliphatic rings. The maximum atomic E-state index is 13.1. The largest absolute Gasteiger partial charge is 0.463 e. The van der Waals surface area contributed by atoms with E-state index in [9.17, 15) is 19.2 Å². The third-order valence-electron chi connectivity index (χ3n) is 7.47. The van der Waals surface area contributed by atoms with Gasteiger partial charge >= 0.3 is 17.9 Å². The van der Waals surface area contributed by atoms with Gasteiger partial charge in [0, 0.05) is 30.6 Å². The number of imidazole rings is 1. The van der Waals surface area contributed by atoms with Crippen LogP contribution in [0.15, 0.2) is 83.1 Å². The van der Waals surface area contributed by atoms with Gasteiger partial charge in [0.25, 0.3) is 0 Å². The molecule has 250 valence electrons. The van der Waals surface area contributed by atoms with Crippen LogP contribution < -0.4 is 10.6 Å². The van der Waals surface area contributed by atoms with E-state index in [4.69, 9.17) is 18.9 Å². The number of esters is 3. The van der Waals surface area contributed by atoms with Gasteiger partial charge in [0.1, 0.15) is 29.3 Å². The summed E-state index contributed by atoms with van der Waals surface area (Å²) >= 11 is 3.15. The third-order valence-corrected chi connectivity index (χ3v) is 10.4. The second-order valence-electron chi connectivity index (χ2n) is 11.0. The number of ether oxygens (including phenoxy) is 4. The van der Waals surface area contributed by atoms with Crippen molar-refractivity contribution in [3.8, 4) is 0 Å². The van der Waals surface area contributed by atoms with Crippen LogP contribution in [0.4, 0.5) is 5.82 Å². The van der Waals surface area contributed by atoms with E-state index in [1.54, 1.807) is 23.5 Å². The zero-order valence-electron chi connectivity index (χ0n) is 26.1. The maximum Gasteiger partial charge on any atom is 0.303 e. The topological polar surface area (TPSA) is 173 Å². The van der Waals surface area contributed by atoms with Gasteiger partial charge < -0.3 is 29.6 Å². The lowest BCUT2D eigenvalue weighted by Gasteiger charge is -2.33. The molecule has 14 nitrogen and oxygen atoms in total. The Labute approximate surface area is 283 Å². The number of nitrogens with zero attached hydrogens (tertiary/aromatic N) is 4. The van der Waals surface area contributed by atoms with Crippen molar-refractivity contribution >= 4 is 64.3 Å². The second kappa shape index (κ2) is 14.2. The van der Waals surface area contributed by atoms with Crippen molar-refractivity contribution in [2.24, 2.45) is 0 Å². The van der Waals surface area contributed by atoms with Crippen LogP contribution in [0.2, 0.25) is 0 Å². The number of amides is 1. The molecule has 2 fully saturated rings. The molecule has 2 aromatic carbocycles. The molecule has 6 rings (SSSR count). The van der Waals surface area contributed by atoms with Crippen molar-refractivity contribution < 1.29 is 38.1 Å². The van der Waals surface area contributed by atoms with Crippen LogP contribution in [0.25, 0.3) is 11.2 Å². The Hall–Kier alpha value is -4.67. The Kier molecular flexibility index (Phi) is 9.84. The van der Waals surface area contributed by atoms with E-state index in [1.165, 1.54) is 38.0 Å². The molecule has 16 heteroatoms. The van der Waals surface area contributed by atoms with Crippen LogP contribution in [0, 0.1) is 0 Å². The Morgan fingerprint density at radius 2 is 1.54 bits per heavy atom. The number of rotatable bonds is 11. The number of nitrogens with one attached hydrogen (secondary N) is 2. The summed E-state index contributed by atoms with van der Waals surface area (Å²) in [5.41, 5.74) is 0.658. The summed E-state index contributed by atoms with van der Waals surface area (Å²) in [7, 11) is 0. The highest BCUT2D eigenvalue weighted by Gasteiger charge is 2.52. The Balaban J connectivity index is 1.35. The van der Waals surface area contributed by atoms with Crippen LogP contribution in [0.5, 0.6) is 0 Å². The van der Waals surface area contributed by atoms with Crippen molar-refractivity contribution in [3.05, 3.63) is 73.3 Å². The van der Waals surface area contributed by atoms with E-state index in [0.29, 0.717) is 17.0 Å². The molecule has 2 aromatic heterocycles. The fourth-order valence-electron chi connectivity index (χ4n) is 5.58. The van der Waals surface area contributed by atoms with E-state index in [1.807, 2.05) is 60.7 Å². The van der Waals surface area contributed by atoms with E-state index in [-0.39, 0.29) is 18.9 Å². The number of hydrogen-bond donors (Lipinski definition) is 2. The quantitative estimate of drug-likeness (QED) is 0.132. The summed E-state index contributed by atoms with van der Waals surface area (Å²) < 4.78 is 23.3. The maximum absolute atomic E-state index is 13.1. The number of thioether (sulfide) groups is 2. The summed E-state index contributed by atoms with van der Waals surface area (Å²) in [6.07, 6.45) is -1.82. The normalized spacial score (nSPS) is 23.0. The van der Waals surface area contributed by atoms with Gasteiger partial charge in [-0.05, 0) is 24.3 Å². The van der Waals surface area contributed by atoms with Gasteiger partial charge in [-0.25, -0.2) is 15.0 Å². The number of carbonyl (C=O) groups excluding carboxylic acids is 4. The van der Waals surface area contributed by atoms with Crippen molar-refractivity contribution in [1.29, 1.82) is 0 Å². The van der Waals surface area contributed by atoms with Crippen molar-refractivity contribution in [2.45, 2.75) is 71.8 Å². The molecule has 5 atom stereocenters. The summed E-state index contributed by atoms with van der Waals surface area (Å²) in [5.74, 6) is -1.63. The average Bonchev–Trinajstić information content (AvgIpc) is 3.70. The highest BCUT2D eigenvalue weighted by molar-refractivity contribution is 8.18. The minimum atomic E-state index is -1.12. The fourth-order valence-corrected chi connectivity index (χ4v) is 8.58. The number of carbonyl (C=O) groups is 4. The van der Waals surface area contributed by atoms with Gasteiger partial charge in [-0.1, -0.05) is 36.4 Å². The van der Waals surface area contributed by atoms with Crippen LogP contribution >= 0.6 is 23.5 Å². The molecule has 1 unspecified atom stereocenters. The van der Waals surface area contributed by atoms with E-state index in [2.05, 4.69) is 25.6 Å². The highest BCUT2D eigenvalue weighted by atomic mass is 32.2. The molecule has 0 bridgehead atoms. The molecule has 0 saturated carbocycles. The Morgan fingerprint density at radius 3 is 2.15 bits per heavy atom. The monoisotopic (exact) mass is 692 g/mol. The van der Waals surface area contributed by atoms with Crippen molar-refractivity contribution in [2.75, 3.05) is 11.9 Å². The van der Waals surface area contributed by atoms with Crippen molar-refractivity contribution in [1.82, 2.24) is 24.8 Å². The Bertz CT molecular complexity index is 1770. The molecular weight excluding hydrogens is 661 g/mol. The number of aromatic nitrogens is 4. The predicted molar refractivity (Wildman–Crippen MR) is 174 cm³/mol. The average molecular weight is 693 g/mol. The summed E-state index contributed by atoms with van der Waals surface area (Å²) in [5, 5.41) is 6.50. The lowest BCUT2D eigenvalue weighted by atomic mass is 10.1. The van der Waals surface area contributed by atoms with Crippen LogP contribution in [-0.2, 0) is 38.1 Å². The summed E-state index contributed by atoms with van der Waals surface area (Å²) in [6.45, 7) is 3.43. The van der Waals surface area contributed by atoms with E-state index in [0.717, 1.165) is 9.79 Å². The molecule has 4 heterocycles. The van der Waals surface area contributed by atoms with Gasteiger partial charge in [-0.3, -0.25) is 23.7 Å². The number of fused-ring (bicyclic) bond motifs is 1. The third kappa shape index (κ3) is 7.24. The lowest BCUT2D eigenvalue weighted by Crippen LogP contribution is -2.44. The standard InChI is InChI=1S/C32H32N6O8S2/c1-18(39)43-15-23-26(44-19(2)40)27(45-20(3)41)30(46-23)38-17-35-25-28(33-16-34-29(25)38)37-31-32(14-24(42)36-31,47-21-10-6-4-7-11-21)48-22-12-8-5-9-13-22/h4-13,16-17,23,26-27,30-31H,14-15H2,1-3H3,(H,36,42)(H,33,34,37)/t23-,26-,27-,30-,31?/m1/s1. The van der Waals surface area contributed by atoms with Gasteiger partial charge in [-0.15, -0.1) is 23.5 Å². The zero-order chi connectivity index (χ0) is 33.8. The van der Waals surface area contributed by atoms with E-state index < -0.39 is 52.7 Å². The number of benzene rings is 2. The molecule has 2 N–H and O–H groups in total. The van der Waals surface area contributed by atoms with Gasteiger partial charge in [0.2, 0.25) is 5.91 Å². The molecule has 0 aliphatic carbocycles. The SMILES string of the molecule is CC(=O)OC[C@H]1O[C@@H](n2cnc3c(NC4NC(=O)CC4(Sc4ccccc4)Sc4ccccc4)ncnc32)[C@H](OC(C)=O)[C@@H]1OC(C)=O. The molecular formula is C32H32N6O8S2. The van der Waals surface area contributed by atoms with Gasteiger partial charge in [0.15, 0.2) is 35.4 Å². The van der Waals surface area contributed by atoms with Crippen molar-refractivity contribution in [3.63, 3.8) is 0 Å². The smallest absolute Gasteiger partial charge is 0.303 e. The van der Waals surface area contributed by atoms with Gasteiger partial charge in [-0.2, -0.15) is 0 Å². The fraction of sp³-hybridized carbons (Fsp3) is 0.344. The van der Waals surface area contributed by atoms with Gasteiger partial charge in [0.05, 0.1) is 12.7 Å². The van der Waals surface area contributed by atoms with Crippen LogP contribution in [0.1, 0.15) is 33.4 Å². The van der Waals surface area contributed by atoms with Crippen LogP contribution in [-0.4, -0.2) is 78.5 Å². The first-order valence-corrected chi connectivity index (χ1v) is 16.6. The first-order valence-electron chi connectivity index (χ1n) is 15.0.